The van der Waals surface area contributed by atoms with Crippen LogP contribution in [0, 0.1) is 17.8 Å². The van der Waals surface area contributed by atoms with Crippen LogP contribution in [-0.2, 0) is 0 Å². The first-order chi connectivity index (χ1) is 6.79. The van der Waals surface area contributed by atoms with Crippen molar-refractivity contribution in [3.05, 3.63) is 12.2 Å². The molecular formula is C12H21NO. The van der Waals surface area contributed by atoms with Gasteiger partial charge in [0.15, 0.2) is 0 Å². The molecule has 2 N–H and O–H groups in total. The maximum absolute atomic E-state index is 8.78. The quantitative estimate of drug-likeness (QED) is 0.652. The van der Waals surface area contributed by atoms with E-state index in [2.05, 4.69) is 24.4 Å². The van der Waals surface area contributed by atoms with Crippen LogP contribution >= 0.6 is 0 Å². The standard InChI is InChI=1S/C12H21NO/c1-9(4-5-14)13-8-12-7-10-2-3-11(12)6-10/h2-3,9-14H,4-8H2,1H3. The largest absolute Gasteiger partial charge is 0.396 e. The molecule has 0 aromatic heterocycles. The van der Waals surface area contributed by atoms with E-state index in [0.717, 1.165) is 30.7 Å². The van der Waals surface area contributed by atoms with Gasteiger partial charge in [-0.3, -0.25) is 0 Å². The van der Waals surface area contributed by atoms with Gasteiger partial charge < -0.3 is 10.4 Å². The summed E-state index contributed by atoms with van der Waals surface area (Å²) in [5, 5.41) is 12.3. The number of hydrogen-bond donors (Lipinski definition) is 2. The fraction of sp³-hybridized carbons (Fsp3) is 0.833. The van der Waals surface area contributed by atoms with E-state index in [9.17, 15) is 0 Å². The molecule has 80 valence electrons. The SMILES string of the molecule is CC(CCO)NCC1CC2C=CC1C2. The maximum Gasteiger partial charge on any atom is 0.0445 e. The van der Waals surface area contributed by atoms with E-state index in [1.54, 1.807) is 0 Å². The number of rotatable bonds is 5. The minimum absolute atomic E-state index is 0.296. The zero-order chi connectivity index (χ0) is 9.97. The molecule has 2 heteroatoms. The lowest BCUT2D eigenvalue weighted by atomic mass is 9.93. The third-order valence-electron chi connectivity index (χ3n) is 3.71. The Morgan fingerprint density at radius 1 is 1.43 bits per heavy atom. The summed E-state index contributed by atoms with van der Waals surface area (Å²) in [5.41, 5.74) is 0. The molecule has 0 heterocycles. The minimum Gasteiger partial charge on any atom is -0.396 e. The van der Waals surface area contributed by atoms with Crippen LogP contribution in [0.2, 0.25) is 0 Å². The summed E-state index contributed by atoms with van der Waals surface area (Å²) in [4.78, 5) is 0. The Morgan fingerprint density at radius 3 is 2.86 bits per heavy atom. The van der Waals surface area contributed by atoms with Gasteiger partial charge in [-0.05, 0) is 50.5 Å². The molecule has 0 radical (unpaired) electrons. The van der Waals surface area contributed by atoms with Crippen molar-refractivity contribution in [2.75, 3.05) is 13.2 Å². The summed E-state index contributed by atoms with van der Waals surface area (Å²) < 4.78 is 0. The summed E-state index contributed by atoms with van der Waals surface area (Å²) in [6, 6.07) is 0.461. The number of allylic oxidation sites excluding steroid dienone is 2. The third kappa shape index (κ3) is 2.18. The summed E-state index contributed by atoms with van der Waals surface area (Å²) >= 11 is 0. The molecular weight excluding hydrogens is 174 g/mol. The molecule has 0 aromatic carbocycles. The van der Waals surface area contributed by atoms with Crippen molar-refractivity contribution in [3.8, 4) is 0 Å². The lowest BCUT2D eigenvalue weighted by Gasteiger charge is -2.21. The Morgan fingerprint density at radius 2 is 2.29 bits per heavy atom. The molecule has 2 rings (SSSR count). The van der Waals surface area contributed by atoms with Gasteiger partial charge in [-0.1, -0.05) is 12.2 Å². The predicted octanol–water partition coefficient (Wildman–Crippen LogP) is 1.56. The first-order valence-corrected chi connectivity index (χ1v) is 5.82. The van der Waals surface area contributed by atoms with Crippen molar-refractivity contribution in [1.82, 2.24) is 5.32 Å². The number of aliphatic hydroxyl groups is 1. The van der Waals surface area contributed by atoms with Crippen molar-refractivity contribution in [2.24, 2.45) is 17.8 Å². The van der Waals surface area contributed by atoms with Gasteiger partial charge in [-0.15, -0.1) is 0 Å². The lowest BCUT2D eigenvalue weighted by Crippen LogP contribution is -2.33. The van der Waals surface area contributed by atoms with Crippen LogP contribution in [0.15, 0.2) is 12.2 Å². The van der Waals surface area contributed by atoms with Crippen LogP contribution in [0.3, 0.4) is 0 Å². The van der Waals surface area contributed by atoms with Gasteiger partial charge in [0.05, 0.1) is 0 Å². The molecule has 2 aliphatic carbocycles. The topological polar surface area (TPSA) is 32.3 Å². The number of nitrogens with one attached hydrogen (secondary N) is 1. The van der Waals surface area contributed by atoms with Gasteiger partial charge in [-0.25, -0.2) is 0 Å². The minimum atomic E-state index is 0.296. The predicted molar refractivity (Wildman–Crippen MR) is 58.0 cm³/mol. The molecule has 0 aliphatic heterocycles. The first kappa shape index (κ1) is 10.2. The van der Waals surface area contributed by atoms with E-state index >= 15 is 0 Å². The second kappa shape index (κ2) is 4.45. The summed E-state index contributed by atoms with van der Waals surface area (Å²) in [6.07, 6.45) is 8.42. The van der Waals surface area contributed by atoms with Crippen LogP contribution in [0.1, 0.15) is 26.2 Å². The van der Waals surface area contributed by atoms with E-state index < -0.39 is 0 Å². The Balaban J connectivity index is 1.69. The fourth-order valence-electron chi connectivity index (χ4n) is 2.78. The average molecular weight is 195 g/mol. The van der Waals surface area contributed by atoms with Gasteiger partial charge in [0.25, 0.3) is 0 Å². The van der Waals surface area contributed by atoms with Crippen molar-refractivity contribution < 1.29 is 5.11 Å². The second-order valence-electron chi connectivity index (χ2n) is 4.86. The first-order valence-electron chi connectivity index (χ1n) is 5.82. The van der Waals surface area contributed by atoms with Crippen LogP contribution in [-0.4, -0.2) is 24.3 Å². The average Bonchev–Trinajstić information content (AvgIpc) is 2.76. The highest BCUT2D eigenvalue weighted by atomic mass is 16.3. The van der Waals surface area contributed by atoms with Crippen LogP contribution in [0.25, 0.3) is 0 Å². The third-order valence-corrected chi connectivity index (χ3v) is 3.71. The molecule has 2 bridgehead atoms. The van der Waals surface area contributed by atoms with E-state index in [0.29, 0.717) is 12.6 Å². The Kier molecular flexibility index (Phi) is 3.24. The van der Waals surface area contributed by atoms with Crippen LogP contribution < -0.4 is 5.32 Å². The van der Waals surface area contributed by atoms with Gasteiger partial charge >= 0.3 is 0 Å². The Bertz CT molecular complexity index is 214. The highest BCUT2D eigenvalue weighted by molar-refractivity contribution is 5.10. The molecule has 0 saturated heterocycles. The monoisotopic (exact) mass is 195 g/mol. The van der Waals surface area contributed by atoms with Crippen molar-refractivity contribution >= 4 is 0 Å². The molecule has 0 spiro atoms. The molecule has 4 unspecified atom stereocenters. The molecule has 0 aromatic rings. The molecule has 2 aliphatic rings. The van der Waals surface area contributed by atoms with E-state index in [-0.39, 0.29) is 0 Å². The lowest BCUT2D eigenvalue weighted by molar-refractivity contribution is 0.263. The number of hydrogen-bond acceptors (Lipinski definition) is 2. The highest BCUT2D eigenvalue weighted by Gasteiger charge is 2.35. The maximum atomic E-state index is 8.78. The summed E-state index contributed by atoms with van der Waals surface area (Å²) in [6.45, 7) is 3.58. The Hall–Kier alpha value is -0.340. The summed E-state index contributed by atoms with van der Waals surface area (Å²) in [7, 11) is 0. The zero-order valence-electron chi connectivity index (χ0n) is 8.95. The van der Waals surface area contributed by atoms with Crippen molar-refractivity contribution in [3.63, 3.8) is 0 Å². The zero-order valence-corrected chi connectivity index (χ0v) is 8.95. The van der Waals surface area contributed by atoms with Gasteiger partial charge in [0.2, 0.25) is 0 Å². The van der Waals surface area contributed by atoms with Crippen LogP contribution in [0.4, 0.5) is 0 Å². The molecule has 1 fully saturated rings. The van der Waals surface area contributed by atoms with E-state index in [1.807, 2.05) is 0 Å². The second-order valence-corrected chi connectivity index (χ2v) is 4.86. The fourth-order valence-corrected chi connectivity index (χ4v) is 2.78. The van der Waals surface area contributed by atoms with Gasteiger partial charge in [-0.2, -0.15) is 0 Å². The molecule has 2 nitrogen and oxygen atoms in total. The van der Waals surface area contributed by atoms with Crippen LogP contribution in [0.5, 0.6) is 0 Å². The molecule has 0 amide bonds. The van der Waals surface area contributed by atoms with Crippen molar-refractivity contribution in [1.29, 1.82) is 0 Å². The Labute approximate surface area is 86.4 Å². The number of fused-ring (bicyclic) bond motifs is 2. The highest BCUT2D eigenvalue weighted by Crippen LogP contribution is 2.42. The smallest absolute Gasteiger partial charge is 0.0445 e. The molecule has 14 heavy (non-hydrogen) atoms. The summed E-state index contributed by atoms with van der Waals surface area (Å²) in [5.74, 6) is 2.57. The van der Waals surface area contributed by atoms with Gasteiger partial charge in [0.1, 0.15) is 0 Å². The number of aliphatic hydroxyl groups excluding tert-OH is 1. The van der Waals surface area contributed by atoms with E-state index in [4.69, 9.17) is 5.11 Å². The van der Waals surface area contributed by atoms with Crippen molar-refractivity contribution in [2.45, 2.75) is 32.2 Å². The molecule has 1 saturated carbocycles. The van der Waals surface area contributed by atoms with E-state index in [1.165, 1.54) is 12.8 Å². The molecule has 4 atom stereocenters. The van der Waals surface area contributed by atoms with Gasteiger partial charge in [0, 0.05) is 12.6 Å². The normalized spacial score (nSPS) is 36.6.